The standard InChI is InChI=1S/C15H19BrO4/c1-15(2,19-3)9-10-20-14-11(7-8-13(17)18)5-4-6-12(14)16/h4-8H,9-10H2,1-3H3,(H,17,18)/b8-7+. The van der Waals surface area contributed by atoms with Gasteiger partial charge in [-0.05, 0) is 41.9 Å². The first kappa shape index (κ1) is 16.7. The maximum absolute atomic E-state index is 10.6. The second kappa shape index (κ2) is 7.45. The second-order valence-corrected chi connectivity index (χ2v) is 5.75. The third kappa shape index (κ3) is 5.35. The SMILES string of the molecule is COC(C)(C)CCOc1c(Br)cccc1/C=C/C(=O)O. The van der Waals surface area contributed by atoms with Crippen LogP contribution in [0, 0.1) is 0 Å². The topological polar surface area (TPSA) is 55.8 Å². The minimum absolute atomic E-state index is 0.252. The summed E-state index contributed by atoms with van der Waals surface area (Å²) in [6, 6.07) is 5.49. The zero-order valence-electron chi connectivity index (χ0n) is 11.9. The van der Waals surface area contributed by atoms with Crippen molar-refractivity contribution >= 4 is 28.0 Å². The van der Waals surface area contributed by atoms with E-state index >= 15 is 0 Å². The lowest BCUT2D eigenvalue weighted by atomic mass is 10.1. The predicted octanol–water partition coefficient (Wildman–Crippen LogP) is 3.74. The predicted molar refractivity (Wildman–Crippen MR) is 82.0 cm³/mol. The highest BCUT2D eigenvalue weighted by atomic mass is 79.9. The Morgan fingerprint density at radius 2 is 2.15 bits per heavy atom. The molecule has 1 aromatic carbocycles. The van der Waals surface area contributed by atoms with E-state index in [0.717, 1.165) is 22.5 Å². The Balaban J connectivity index is 2.80. The van der Waals surface area contributed by atoms with Gasteiger partial charge in [0, 0.05) is 25.2 Å². The lowest BCUT2D eigenvalue weighted by molar-refractivity contribution is -0.131. The first-order valence-electron chi connectivity index (χ1n) is 6.23. The van der Waals surface area contributed by atoms with Crippen LogP contribution in [0.1, 0.15) is 25.8 Å². The van der Waals surface area contributed by atoms with Crippen molar-refractivity contribution in [1.82, 2.24) is 0 Å². The lowest BCUT2D eigenvalue weighted by Gasteiger charge is -2.23. The fourth-order valence-electron chi connectivity index (χ4n) is 1.47. The van der Waals surface area contributed by atoms with Crippen LogP contribution in [0.2, 0.25) is 0 Å². The number of carboxylic acids is 1. The summed E-state index contributed by atoms with van der Waals surface area (Å²) in [4.78, 5) is 10.6. The summed E-state index contributed by atoms with van der Waals surface area (Å²) in [5.74, 6) is -0.353. The second-order valence-electron chi connectivity index (χ2n) is 4.89. The number of hydrogen-bond acceptors (Lipinski definition) is 3. The molecular weight excluding hydrogens is 324 g/mol. The summed E-state index contributed by atoms with van der Waals surface area (Å²) in [7, 11) is 1.67. The van der Waals surface area contributed by atoms with Gasteiger partial charge in [0.1, 0.15) is 5.75 Å². The molecule has 0 saturated carbocycles. The van der Waals surface area contributed by atoms with E-state index in [9.17, 15) is 4.79 Å². The Hall–Kier alpha value is -1.33. The van der Waals surface area contributed by atoms with E-state index in [1.807, 2.05) is 26.0 Å². The lowest BCUT2D eigenvalue weighted by Crippen LogP contribution is -2.25. The maximum Gasteiger partial charge on any atom is 0.328 e. The zero-order chi connectivity index (χ0) is 15.2. The Morgan fingerprint density at radius 1 is 1.45 bits per heavy atom. The van der Waals surface area contributed by atoms with E-state index in [1.165, 1.54) is 6.08 Å². The summed E-state index contributed by atoms with van der Waals surface area (Å²) < 4.78 is 11.9. The van der Waals surface area contributed by atoms with Crippen molar-refractivity contribution in [3.63, 3.8) is 0 Å². The van der Waals surface area contributed by atoms with Gasteiger partial charge in [-0.25, -0.2) is 4.79 Å². The molecule has 0 atom stereocenters. The van der Waals surface area contributed by atoms with E-state index in [0.29, 0.717) is 12.4 Å². The van der Waals surface area contributed by atoms with Gasteiger partial charge in [-0.2, -0.15) is 0 Å². The Morgan fingerprint density at radius 3 is 2.75 bits per heavy atom. The van der Waals surface area contributed by atoms with Crippen molar-refractivity contribution in [2.45, 2.75) is 25.9 Å². The van der Waals surface area contributed by atoms with Crippen molar-refractivity contribution in [3.8, 4) is 5.75 Å². The van der Waals surface area contributed by atoms with E-state index in [4.69, 9.17) is 14.6 Å². The molecular formula is C15H19BrO4. The maximum atomic E-state index is 10.6. The van der Waals surface area contributed by atoms with Gasteiger partial charge in [0.2, 0.25) is 0 Å². The molecule has 4 nitrogen and oxygen atoms in total. The van der Waals surface area contributed by atoms with Crippen LogP contribution < -0.4 is 4.74 Å². The van der Waals surface area contributed by atoms with E-state index in [1.54, 1.807) is 13.2 Å². The number of halogens is 1. The van der Waals surface area contributed by atoms with Gasteiger partial charge in [-0.15, -0.1) is 0 Å². The molecule has 20 heavy (non-hydrogen) atoms. The summed E-state index contributed by atoms with van der Waals surface area (Å²) >= 11 is 3.41. The van der Waals surface area contributed by atoms with Crippen LogP contribution in [-0.4, -0.2) is 30.4 Å². The van der Waals surface area contributed by atoms with E-state index < -0.39 is 5.97 Å². The molecule has 0 saturated heterocycles. The van der Waals surface area contributed by atoms with Crippen molar-refractivity contribution in [2.75, 3.05) is 13.7 Å². The third-order valence-electron chi connectivity index (χ3n) is 2.91. The minimum Gasteiger partial charge on any atom is -0.492 e. The summed E-state index contributed by atoms with van der Waals surface area (Å²) in [6.07, 6.45) is 3.34. The van der Waals surface area contributed by atoms with Crippen LogP contribution >= 0.6 is 15.9 Å². The third-order valence-corrected chi connectivity index (χ3v) is 3.53. The first-order valence-corrected chi connectivity index (χ1v) is 7.02. The molecule has 0 bridgehead atoms. The molecule has 0 aromatic heterocycles. The molecule has 0 aliphatic carbocycles. The van der Waals surface area contributed by atoms with E-state index in [2.05, 4.69) is 15.9 Å². The monoisotopic (exact) mass is 342 g/mol. The van der Waals surface area contributed by atoms with E-state index in [-0.39, 0.29) is 5.60 Å². The number of ether oxygens (including phenoxy) is 2. The largest absolute Gasteiger partial charge is 0.492 e. The Bertz CT molecular complexity index is 495. The Labute approximate surface area is 127 Å². The van der Waals surface area contributed by atoms with Crippen LogP contribution in [0.3, 0.4) is 0 Å². The van der Waals surface area contributed by atoms with Crippen molar-refractivity contribution < 1.29 is 19.4 Å². The normalized spacial score (nSPS) is 11.8. The molecule has 0 radical (unpaired) electrons. The number of para-hydroxylation sites is 1. The molecule has 110 valence electrons. The quantitative estimate of drug-likeness (QED) is 0.767. The van der Waals surface area contributed by atoms with Crippen molar-refractivity contribution in [2.24, 2.45) is 0 Å². The van der Waals surface area contributed by atoms with Crippen LogP contribution in [-0.2, 0) is 9.53 Å². The average molecular weight is 343 g/mol. The number of carbonyl (C=O) groups is 1. The minimum atomic E-state index is -0.989. The number of carboxylic acid groups (broad SMARTS) is 1. The molecule has 0 aliphatic rings. The fourth-order valence-corrected chi connectivity index (χ4v) is 1.97. The number of benzene rings is 1. The van der Waals surface area contributed by atoms with Crippen LogP contribution in [0.5, 0.6) is 5.75 Å². The number of aliphatic carboxylic acids is 1. The van der Waals surface area contributed by atoms with Gasteiger partial charge in [0.25, 0.3) is 0 Å². The van der Waals surface area contributed by atoms with Gasteiger partial charge in [-0.3, -0.25) is 0 Å². The number of rotatable bonds is 7. The van der Waals surface area contributed by atoms with Gasteiger partial charge >= 0.3 is 5.97 Å². The number of hydrogen-bond donors (Lipinski definition) is 1. The molecule has 1 rings (SSSR count). The highest BCUT2D eigenvalue weighted by Gasteiger charge is 2.16. The van der Waals surface area contributed by atoms with Gasteiger partial charge in [0.05, 0.1) is 16.7 Å². The molecule has 0 heterocycles. The first-order chi connectivity index (χ1) is 9.35. The smallest absolute Gasteiger partial charge is 0.328 e. The number of methoxy groups -OCH3 is 1. The molecule has 0 aliphatic heterocycles. The molecule has 0 fully saturated rings. The molecule has 0 amide bonds. The molecule has 5 heteroatoms. The molecule has 0 unspecified atom stereocenters. The Kier molecular flexibility index (Phi) is 6.23. The van der Waals surface area contributed by atoms with Crippen LogP contribution in [0.15, 0.2) is 28.7 Å². The summed E-state index contributed by atoms with van der Waals surface area (Å²) in [5.41, 5.74) is 0.468. The molecule has 1 N–H and O–H groups in total. The summed E-state index contributed by atoms with van der Waals surface area (Å²) in [5, 5.41) is 8.69. The van der Waals surface area contributed by atoms with Gasteiger partial charge in [0.15, 0.2) is 0 Å². The zero-order valence-corrected chi connectivity index (χ0v) is 13.4. The van der Waals surface area contributed by atoms with Crippen LogP contribution in [0.25, 0.3) is 6.08 Å². The fraction of sp³-hybridized carbons (Fsp3) is 0.400. The average Bonchev–Trinajstić information content (AvgIpc) is 2.38. The van der Waals surface area contributed by atoms with Gasteiger partial charge < -0.3 is 14.6 Å². The molecule has 1 aromatic rings. The highest BCUT2D eigenvalue weighted by molar-refractivity contribution is 9.10. The van der Waals surface area contributed by atoms with Crippen molar-refractivity contribution in [3.05, 3.63) is 34.3 Å². The summed E-state index contributed by atoms with van der Waals surface area (Å²) in [6.45, 7) is 4.46. The van der Waals surface area contributed by atoms with Crippen LogP contribution in [0.4, 0.5) is 0 Å². The van der Waals surface area contributed by atoms with Crippen molar-refractivity contribution in [1.29, 1.82) is 0 Å². The molecule has 0 spiro atoms. The van der Waals surface area contributed by atoms with Gasteiger partial charge in [-0.1, -0.05) is 12.1 Å². The highest BCUT2D eigenvalue weighted by Crippen LogP contribution is 2.30.